The number of thiophene rings is 1. The van der Waals surface area contributed by atoms with Crippen LogP contribution in [-0.4, -0.2) is 11.6 Å². The fraction of sp³-hybridized carbons (Fsp3) is 0.400. The molecule has 0 saturated carbocycles. The molecule has 0 aliphatic heterocycles. The standard InChI is InChI=1S/C15H17BrN2OS/c1-2-19-15-7-6-10(9-17-15)18-12-4-3-5-13-11(12)8-14(16)20-13/h6-9,12,18H,2-5H2,1H3. The molecule has 0 spiro atoms. The van der Waals surface area contributed by atoms with Crippen molar-refractivity contribution in [2.45, 2.75) is 32.2 Å². The van der Waals surface area contributed by atoms with E-state index in [-0.39, 0.29) is 0 Å². The Hall–Kier alpha value is -1.07. The molecule has 0 aromatic carbocycles. The molecular weight excluding hydrogens is 336 g/mol. The zero-order chi connectivity index (χ0) is 13.9. The predicted octanol–water partition coefficient (Wildman–Crippen LogP) is 4.79. The van der Waals surface area contributed by atoms with Crippen LogP contribution in [0.5, 0.6) is 5.88 Å². The first-order valence-corrected chi connectivity index (χ1v) is 8.50. The van der Waals surface area contributed by atoms with E-state index in [9.17, 15) is 0 Å². The molecule has 2 aromatic heterocycles. The van der Waals surface area contributed by atoms with Crippen molar-refractivity contribution in [2.75, 3.05) is 11.9 Å². The molecule has 2 heterocycles. The Labute approximate surface area is 131 Å². The van der Waals surface area contributed by atoms with Crippen LogP contribution in [0.15, 0.2) is 28.2 Å². The Morgan fingerprint density at radius 1 is 1.50 bits per heavy atom. The second kappa shape index (κ2) is 6.14. The summed E-state index contributed by atoms with van der Waals surface area (Å²) < 4.78 is 6.59. The summed E-state index contributed by atoms with van der Waals surface area (Å²) in [7, 11) is 0. The molecule has 1 N–H and O–H groups in total. The second-order valence-electron chi connectivity index (χ2n) is 4.84. The van der Waals surface area contributed by atoms with Gasteiger partial charge in [-0.3, -0.25) is 0 Å². The quantitative estimate of drug-likeness (QED) is 0.858. The van der Waals surface area contributed by atoms with Crippen LogP contribution in [0.3, 0.4) is 0 Å². The normalized spacial score (nSPS) is 17.6. The van der Waals surface area contributed by atoms with Crippen LogP contribution in [0, 0.1) is 0 Å². The van der Waals surface area contributed by atoms with Gasteiger partial charge in [0, 0.05) is 10.9 Å². The summed E-state index contributed by atoms with van der Waals surface area (Å²) in [6, 6.07) is 6.59. The average Bonchev–Trinajstić information content (AvgIpc) is 2.83. The first-order chi connectivity index (χ1) is 9.76. The van der Waals surface area contributed by atoms with Gasteiger partial charge < -0.3 is 10.1 Å². The van der Waals surface area contributed by atoms with Crippen LogP contribution in [0.1, 0.15) is 36.2 Å². The molecule has 1 aliphatic rings. The van der Waals surface area contributed by atoms with E-state index in [1.54, 1.807) is 0 Å². The highest BCUT2D eigenvalue weighted by molar-refractivity contribution is 9.11. The van der Waals surface area contributed by atoms with Gasteiger partial charge in [-0.05, 0) is 59.8 Å². The lowest BCUT2D eigenvalue weighted by molar-refractivity contribution is 0.327. The molecular formula is C15H17BrN2OS. The van der Waals surface area contributed by atoms with E-state index in [1.165, 1.54) is 33.5 Å². The highest BCUT2D eigenvalue weighted by Gasteiger charge is 2.22. The summed E-state index contributed by atoms with van der Waals surface area (Å²) in [4.78, 5) is 5.80. The van der Waals surface area contributed by atoms with E-state index in [0.29, 0.717) is 18.5 Å². The summed E-state index contributed by atoms with van der Waals surface area (Å²) in [5.74, 6) is 0.681. The zero-order valence-electron chi connectivity index (χ0n) is 11.4. The van der Waals surface area contributed by atoms with Crippen molar-refractivity contribution in [3.63, 3.8) is 0 Å². The molecule has 0 fully saturated rings. The molecule has 0 bridgehead atoms. The van der Waals surface area contributed by atoms with Gasteiger partial charge >= 0.3 is 0 Å². The molecule has 3 rings (SSSR count). The van der Waals surface area contributed by atoms with Gasteiger partial charge in [0.25, 0.3) is 0 Å². The van der Waals surface area contributed by atoms with Crippen LogP contribution in [0.25, 0.3) is 0 Å². The van der Waals surface area contributed by atoms with Gasteiger partial charge in [-0.15, -0.1) is 11.3 Å². The Balaban J connectivity index is 1.75. The third-order valence-electron chi connectivity index (χ3n) is 3.45. The highest BCUT2D eigenvalue weighted by atomic mass is 79.9. The first-order valence-electron chi connectivity index (χ1n) is 6.89. The smallest absolute Gasteiger partial charge is 0.213 e. The SMILES string of the molecule is CCOc1ccc(NC2CCCc3sc(Br)cc32)cn1. The van der Waals surface area contributed by atoms with Gasteiger partial charge in [0.1, 0.15) is 0 Å². The fourth-order valence-electron chi connectivity index (χ4n) is 2.57. The summed E-state index contributed by atoms with van der Waals surface area (Å²) in [6.45, 7) is 2.61. The number of halogens is 1. The lowest BCUT2D eigenvalue weighted by atomic mass is 9.94. The van der Waals surface area contributed by atoms with Crippen molar-refractivity contribution in [3.8, 4) is 5.88 Å². The van der Waals surface area contributed by atoms with Crippen molar-refractivity contribution >= 4 is 33.0 Å². The number of hydrogen-bond donors (Lipinski definition) is 1. The maximum atomic E-state index is 5.37. The summed E-state index contributed by atoms with van der Waals surface area (Å²) in [5.41, 5.74) is 2.48. The van der Waals surface area contributed by atoms with Crippen LogP contribution < -0.4 is 10.1 Å². The highest BCUT2D eigenvalue weighted by Crippen LogP contribution is 2.39. The van der Waals surface area contributed by atoms with Gasteiger partial charge in [-0.25, -0.2) is 4.98 Å². The van der Waals surface area contributed by atoms with Gasteiger partial charge in [0.15, 0.2) is 0 Å². The maximum Gasteiger partial charge on any atom is 0.213 e. The number of ether oxygens (including phenoxy) is 1. The van der Waals surface area contributed by atoms with E-state index in [1.807, 2.05) is 36.6 Å². The van der Waals surface area contributed by atoms with E-state index in [0.717, 1.165) is 5.69 Å². The molecule has 5 heteroatoms. The van der Waals surface area contributed by atoms with Crippen molar-refractivity contribution in [1.82, 2.24) is 4.98 Å². The molecule has 2 aromatic rings. The van der Waals surface area contributed by atoms with Crippen molar-refractivity contribution in [2.24, 2.45) is 0 Å². The van der Waals surface area contributed by atoms with Gasteiger partial charge in [0.05, 0.1) is 28.3 Å². The van der Waals surface area contributed by atoms with Crippen LogP contribution in [0.2, 0.25) is 0 Å². The van der Waals surface area contributed by atoms with Gasteiger partial charge in [-0.1, -0.05) is 0 Å². The topological polar surface area (TPSA) is 34.1 Å². The molecule has 106 valence electrons. The first kappa shape index (κ1) is 13.9. The number of aromatic nitrogens is 1. The zero-order valence-corrected chi connectivity index (χ0v) is 13.8. The van der Waals surface area contributed by atoms with Crippen molar-refractivity contribution < 1.29 is 4.74 Å². The van der Waals surface area contributed by atoms with E-state index in [4.69, 9.17) is 4.74 Å². The summed E-state index contributed by atoms with van der Waals surface area (Å²) in [5, 5.41) is 3.59. The summed E-state index contributed by atoms with van der Waals surface area (Å²) >= 11 is 5.45. The molecule has 1 unspecified atom stereocenters. The molecule has 20 heavy (non-hydrogen) atoms. The lowest BCUT2D eigenvalue weighted by Gasteiger charge is -2.24. The minimum Gasteiger partial charge on any atom is -0.478 e. The molecule has 0 amide bonds. The number of aryl methyl sites for hydroxylation is 1. The van der Waals surface area contributed by atoms with Gasteiger partial charge in [0.2, 0.25) is 5.88 Å². The average molecular weight is 353 g/mol. The number of rotatable bonds is 4. The van der Waals surface area contributed by atoms with Crippen molar-refractivity contribution in [3.05, 3.63) is 38.6 Å². The Morgan fingerprint density at radius 3 is 3.15 bits per heavy atom. The molecule has 0 radical (unpaired) electrons. The van der Waals surface area contributed by atoms with Crippen LogP contribution >= 0.6 is 27.3 Å². The number of nitrogens with one attached hydrogen (secondary N) is 1. The third kappa shape index (κ3) is 2.99. The molecule has 1 aliphatic carbocycles. The number of anilines is 1. The minimum atomic E-state index is 0.390. The maximum absolute atomic E-state index is 5.37. The molecule has 3 nitrogen and oxygen atoms in total. The largest absolute Gasteiger partial charge is 0.478 e. The Morgan fingerprint density at radius 2 is 2.40 bits per heavy atom. The minimum absolute atomic E-state index is 0.390. The van der Waals surface area contributed by atoms with Crippen LogP contribution in [0.4, 0.5) is 5.69 Å². The molecule has 0 saturated heterocycles. The fourth-order valence-corrected chi connectivity index (χ4v) is 4.39. The monoisotopic (exact) mass is 352 g/mol. The van der Waals surface area contributed by atoms with Crippen molar-refractivity contribution in [1.29, 1.82) is 0 Å². The summed E-state index contributed by atoms with van der Waals surface area (Å²) in [6.07, 6.45) is 5.46. The van der Waals surface area contributed by atoms with E-state index in [2.05, 4.69) is 32.3 Å². The number of hydrogen-bond acceptors (Lipinski definition) is 4. The number of nitrogens with zero attached hydrogens (tertiary/aromatic N) is 1. The number of fused-ring (bicyclic) bond motifs is 1. The lowest BCUT2D eigenvalue weighted by Crippen LogP contribution is -2.15. The third-order valence-corrected chi connectivity index (χ3v) is 5.17. The number of pyridine rings is 1. The predicted molar refractivity (Wildman–Crippen MR) is 86.7 cm³/mol. The van der Waals surface area contributed by atoms with Crippen LogP contribution in [-0.2, 0) is 6.42 Å². The van der Waals surface area contributed by atoms with E-state index < -0.39 is 0 Å². The molecule has 1 atom stereocenters. The second-order valence-corrected chi connectivity index (χ2v) is 7.35. The Kier molecular flexibility index (Phi) is 4.27. The van der Waals surface area contributed by atoms with Gasteiger partial charge in [-0.2, -0.15) is 0 Å². The van der Waals surface area contributed by atoms with E-state index >= 15 is 0 Å². The Bertz CT molecular complexity index is 582.